The molecule has 2 aromatic rings. The number of carbonyl (C=O) groups is 3. The topological polar surface area (TPSA) is 109 Å². The lowest BCUT2D eigenvalue weighted by molar-refractivity contribution is -0.143. The highest BCUT2D eigenvalue weighted by molar-refractivity contribution is 5.94. The number of carboxylic acids is 1. The Kier molecular flexibility index (Phi) is 8.33. The molecule has 1 fully saturated rings. The van der Waals surface area contributed by atoms with Gasteiger partial charge >= 0.3 is 5.97 Å². The summed E-state index contributed by atoms with van der Waals surface area (Å²) in [7, 11) is 0. The van der Waals surface area contributed by atoms with Gasteiger partial charge in [-0.2, -0.15) is 0 Å². The van der Waals surface area contributed by atoms with Gasteiger partial charge in [0.15, 0.2) is 0 Å². The van der Waals surface area contributed by atoms with E-state index in [0.717, 1.165) is 12.8 Å². The van der Waals surface area contributed by atoms with Crippen LogP contribution < -0.4 is 11.1 Å². The summed E-state index contributed by atoms with van der Waals surface area (Å²) in [5.74, 6) is -1.76. The third-order valence-electron chi connectivity index (χ3n) is 4.89. The zero-order chi connectivity index (χ0) is 21.2. The van der Waals surface area contributed by atoms with Crippen molar-refractivity contribution in [3.05, 3.63) is 71.5 Å². The Hall–Kier alpha value is -3.22. The van der Waals surface area contributed by atoms with E-state index in [0.29, 0.717) is 36.4 Å². The van der Waals surface area contributed by atoms with Gasteiger partial charge in [-0.15, -0.1) is 0 Å². The normalized spacial score (nSPS) is 18.1. The summed E-state index contributed by atoms with van der Waals surface area (Å²) in [6.07, 6.45) is 2.94. The first-order chi connectivity index (χ1) is 13.9. The minimum atomic E-state index is -0.729. The second-order valence-electron chi connectivity index (χ2n) is 7.01. The summed E-state index contributed by atoms with van der Waals surface area (Å²) in [5.41, 5.74) is 5.84. The van der Waals surface area contributed by atoms with Crippen molar-refractivity contribution in [1.29, 1.82) is 0 Å². The summed E-state index contributed by atoms with van der Waals surface area (Å²) in [6.45, 7) is 0.516. The van der Waals surface area contributed by atoms with E-state index >= 15 is 0 Å². The zero-order valence-electron chi connectivity index (χ0n) is 16.0. The number of hydrogen-bond donors (Lipinski definition) is 3. The molecule has 0 heterocycles. The van der Waals surface area contributed by atoms with Gasteiger partial charge in [-0.1, -0.05) is 24.3 Å². The second kappa shape index (κ2) is 10.9. The van der Waals surface area contributed by atoms with Crippen LogP contribution in [-0.4, -0.2) is 29.4 Å². The van der Waals surface area contributed by atoms with Crippen molar-refractivity contribution >= 4 is 17.8 Å². The predicted octanol–water partition coefficient (Wildman–Crippen LogP) is 3.23. The van der Waals surface area contributed by atoms with Gasteiger partial charge < -0.3 is 16.2 Å². The first-order valence-corrected chi connectivity index (χ1v) is 9.48. The van der Waals surface area contributed by atoms with Gasteiger partial charge in [-0.3, -0.25) is 14.4 Å². The molecule has 4 N–H and O–H groups in total. The second-order valence-corrected chi connectivity index (χ2v) is 7.01. The van der Waals surface area contributed by atoms with Crippen molar-refractivity contribution in [2.24, 2.45) is 17.6 Å². The van der Waals surface area contributed by atoms with Crippen LogP contribution in [0.2, 0.25) is 0 Å². The van der Waals surface area contributed by atoms with Crippen LogP contribution >= 0.6 is 0 Å². The lowest BCUT2D eigenvalue weighted by atomic mass is 9.82. The van der Waals surface area contributed by atoms with E-state index < -0.39 is 11.8 Å². The molecule has 154 valence electrons. The number of amides is 2. The highest BCUT2D eigenvalue weighted by Crippen LogP contribution is 2.28. The van der Waals surface area contributed by atoms with Gasteiger partial charge in [-0.25, -0.2) is 4.39 Å². The SMILES string of the molecule is NC(=O)c1ccccc1.O=C(NCC1CCC(C(=O)O)CC1)c1cccc(F)c1. The number of carbonyl (C=O) groups excluding carboxylic acids is 2. The third-order valence-corrected chi connectivity index (χ3v) is 4.89. The molecular formula is C22H25FN2O4. The van der Waals surface area contributed by atoms with E-state index in [2.05, 4.69) is 5.32 Å². The fourth-order valence-electron chi connectivity index (χ4n) is 3.18. The van der Waals surface area contributed by atoms with Crippen LogP contribution in [0.1, 0.15) is 46.4 Å². The van der Waals surface area contributed by atoms with E-state index in [1.165, 1.54) is 18.2 Å². The van der Waals surface area contributed by atoms with E-state index in [4.69, 9.17) is 10.8 Å². The minimum absolute atomic E-state index is 0.245. The third kappa shape index (κ3) is 7.37. The van der Waals surface area contributed by atoms with Crippen LogP contribution in [0.3, 0.4) is 0 Å². The molecule has 1 aliphatic carbocycles. The molecule has 29 heavy (non-hydrogen) atoms. The summed E-state index contributed by atoms with van der Waals surface area (Å²) in [6, 6.07) is 14.3. The van der Waals surface area contributed by atoms with E-state index in [-0.39, 0.29) is 17.7 Å². The fraction of sp³-hybridized carbons (Fsp3) is 0.318. The van der Waals surface area contributed by atoms with E-state index in [9.17, 15) is 18.8 Å². The molecule has 0 radical (unpaired) electrons. The maximum atomic E-state index is 13.0. The Bertz CT molecular complexity index is 834. The summed E-state index contributed by atoms with van der Waals surface area (Å²) < 4.78 is 13.0. The molecule has 0 unspecified atom stereocenters. The number of benzene rings is 2. The Morgan fingerprint density at radius 2 is 1.59 bits per heavy atom. The number of rotatable bonds is 5. The molecule has 0 aromatic heterocycles. The maximum absolute atomic E-state index is 13.0. The van der Waals surface area contributed by atoms with Gasteiger partial charge in [-0.05, 0) is 61.9 Å². The molecule has 1 aliphatic rings. The van der Waals surface area contributed by atoms with Crippen molar-refractivity contribution < 1.29 is 23.9 Å². The van der Waals surface area contributed by atoms with Crippen molar-refractivity contribution in [1.82, 2.24) is 5.32 Å². The van der Waals surface area contributed by atoms with Gasteiger partial charge in [0.1, 0.15) is 5.82 Å². The lowest BCUT2D eigenvalue weighted by Gasteiger charge is -2.26. The first kappa shape index (κ1) is 22.1. The molecule has 0 aliphatic heterocycles. The largest absolute Gasteiger partial charge is 0.481 e. The smallest absolute Gasteiger partial charge is 0.306 e. The Balaban J connectivity index is 0.000000278. The monoisotopic (exact) mass is 400 g/mol. The van der Waals surface area contributed by atoms with E-state index in [1.54, 1.807) is 30.3 Å². The van der Waals surface area contributed by atoms with Crippen molar-refractivity contribution in [3.63, 3.8) is 0 Å². The van der Waals surface area contributed by atoms with Crippen LogP contribution in [0.4, 0.5) is 4.39 Å². The summed E-state index contributed by atoms with van der Waals surface area (Å²) in [5, 5.41) is 11.7. The molecule has 0 atom stereocenters. The molecule has 1 saturated carbocycles. The van der Waals surface area contributed by atoms with Gasteiger partial charge in [0.2, 0.25) is 5.91 Å². The van der Waals surface area contributed by atoms with Gasteiger partial charge in [0.25, 0.3) is 5.91 Å². The maximum Gasteiger partial charge on any atom is 0.306 e. The molecule has 0 bridgehead atoms. The zero-order valence-corrected chi connectivity index (χ0v) is 16.0. The van der Waals surface area contributed by atoms with Crippen LogP contribution in [-0.2, 0) is 4.79 Å². The predicted molar refractivity (Wildman–Crippen MR) is 107 cm³/mol. The van der Waals surface area contributed by atoms with E-state index in [1.807, 2.05) is 6.07 Å². The number of halogens is 1. The van der Waals surface area contributed by atoms with Crippen molar-refractivity contribution in [2.45, 2.75) is 25.7 Å². The molecular weight excluding hydrogens is 375 g/mol. The van der Waals surface area contributed by atoms with Crippen molar-refractivity contribution in [3.8, 4) is 0 Å². The molecule has 6 nitrogen and oxygen atoms in total. The van der Waals surface area contributed by atoms with Crippen LogP contribution in [0.5, 0.6) is 0 Å². The Morgan fingerprint density at radius 3 is 2.10 bits per heavy atom. The average Bonchev–Trinajstić information content (AvgIpc) is 2.73. The Labute approximate surface area is 168 Å². The van der Waals surface area contributed by atoms with Crippen LogP contribution in [0.25, 0.3) is 0 Å². The number of primary amides is 1. The lowest BCUT2D eigenvalue weighted by Crippen LogP contribution is -2.32. The molecule has 2 amide bonds. The average molecular weight is 400 g/mol. The number of aliphatic carboxylic acids is 1. The quantitative estimate of drug-likeness (QED) is 0.716. The molecule has 0 saturated heterocycles. The highest BCUT2D eigenvalue weighted by atomic mass is 19.1. The summed E-state index contributed by atoms with van der Waals surface area (Å²) >= 11 is 0. The van der Waals surface area contributed by atoms with Crippen molar-refractivity contribution in [2.75, 3.05) is 6.54 Å². The molecule has 2 aromatic carbocycles. The summed E-state index contributed by atoms with van der Waals surface area (Å²) in [4.78, 5) is 33.1. The number of hydrogen-bond acceptors (Lipinski definition) is 3. The number of carboxylic acid groups (broad SMARTS) is 1. The van der Waals surface area contributed by atoms with Crippen LogP contribution in [0, 0.1) is 17.7 Å². The molecule has 7 heteroatoms. The fourth-order valence-corrected chi connectivity index (χ4v) is 3.18. The Morgan fingerprint density at radius 1 is 0.966 bits per heavy atom. The first-order valence-electron chi connectivity index (χ1n) is 9.48. The van der Waals surface area contributed by atoms with Crippen LogP contribution in [0.15, 0.2) is 54.6 Å². The molecule has 3 rings (SSSR count). The number of nitrogens with one attached hydrogen (secondary N) is 1. The van der Waals surface area contributed by atoms with Gasteiger partial charge in [0, 0.05) is 17.7 Å². The van der Waals surface area contributed by atoms with Gasteiger partial charge in [0.05, 0.1) is 5.92 Å². The minimum Gasteiger partial charge on any atom is -0.481 e. The number of nitrogens with two attached hydrogens (primary N) is 1. The standard InChI is InChI=1S/C15H18FNO3.C7H7NO/c16-13-3-1-2-12(8-13)14(18)17-9-10-4-6-11(7-5-10)15(19)20;8-7(9)6-4-2-1-3-5-6/h1-3,8,10-11H,4-7,9H2,(H,17,18)(H,19,20);1-5H,(H2,8,9). The molecule has 0 spiro atoms. The highest BCUT2D eigenvalue weighted by Gasteiger charge is 2.26.